The van der Waals surface area contributed by atoms with Crippen LogP contribution in [0, 0.1) is 17.8 Å². The Morgan fingerprint density at radius 3 is 2.41 bits per heavy atom. The molecule has 2 aliphatic heterocycles. The third kappa shape index (κ3) is 3.90. The molecular formula is C22H33NO6. The van der Waals surface area contributed by atoms with Crippen LogP contribution in [0.25, 0.3) is 0 Å². The van der Waals surface area contributed by atoms with Crippen molar-refractivity contribution < 1.29 is 28.5 Å². The molecule has 2 saturated heterocycles. The average molecular weight is 408 g/mol. The van der Waals surface area contributed by atoms with Crippen molar-refractivity contribution in [1.29, 1.82) is 0 Å². The molecule has 1 spiro atoms. The number of rotatable bonds is 2. The number of hydrogen-bond acceptors (Lipinski definition) is 6. The summed E-state index contributed by atoms with van der Waals surface area (Å²) in [6.45, 7) is 11.6. The minimum Gasteiger partial charge on any atom is -0.444 e. The van der Waals surface area contributed by atoms with E-state index in [0.29, 0.717) is 6.54 Å². The number of hydrogen-bond donors (Lipinski definition) is 0. The van der Waals surface area contributed by atoms with Crippen LogP contribution in [0.3, 0.4) is 0 Å². The van der Waals surface area contributed by atoms with E-state index in [1.54, 1.807) is 12.0 Å². The van der Waals surface area contributed by atoms with E-state index in [1.807, 2.05) is 41.5 Å². The topological polar surface area (TPSA) is 74.3 Å². The fourth-order valence-corrected chi connectivity index (χ4v) is 4.29. The van der Waals surface area contributed by atoms with E-state index in [2.05, 4.69) is 11.8 Å². The number of carbonyl (C=O) groups is 2. The van der Waals surface area contributed by atoms with Crippen LogP contribution in [0.1, 0.15) is 60.8 Å². The highest BCUT2D eigenvalue weighted by atomic mass is 16.7. The van der Waals surface area contributed by atoms with Gasteiger partial charge in [0.15, 0.2) is 5.79 Å². The predicted molar refractivity (Wildman–Crippen MR) is 106 cm³/mol. The first-order valence-electron chi connectivity index (χ1n) is 10.2. The first kappa shape index (κ1) is 22.1. The minimum atomic E-state index is -0.955. The summed E-state index contributed by atoms with van der Waals surface area (Å²) < 4.78 is 24.3. The second-order valence-corrected chi connectivity index (χ2v) is 9.76. The van der Waals surface area contributed by atoms with Gasteiger partial charge in [0, 0.05) is 7.11 Å². The number of aldehydes is 1. The third-order valence-electron chi connectivity index (χ3n) is 6.28. The van der Waals surface area contributed by atoms with Crippen molar-refractivity contribution in [2.75, 3.05) is 13.7 Å². The number of nitrogens with zero attached hydrogens (tertiary/aromatic N) is 1. The Labute approximate surface area is 173 Å². The smallest absolute Gasteiger partial charge is 0.410 e. The summed E-state index contributed by atoms with van der Waals surface area (Å²) in [7, 11) is 1.60. The Morgan fingerprint density at radius 2 is 1.90 bits per heavy atom. The predicted octanol–water partition coefficient (Wildman–Crippen LogP) is 2.90. The fraction of sp³-hybridized carbons (Fsp3) is 0.818. The Hall–Kier alpha value is -1.62. The van der Waals surface area contributed by atoms with E-state index in [-0.39, 0.29) is 30.6 Å². The van der Waals surface area contributed by atoms with E-state index in [0.717, 1.165) is 19.1 Å². The summed E-state index contributed by atoms with van der Waals surface area (Å²) in [5.74, 6) is 4.91. The molecule has 7 nitrogen and oxygen atoms in total. The number of likely N-dealkylation sites (tertiary alicyclic amines) is 1. The lowest BCUT2D eigenvalue weighted by Crippen LogP contribution is -2.71. The maximum Gasteiger partial charge on any atom is 0.410 e. The Balaban J connectivity index is 1.98. The van der Waals surface area contributed by atoms with Gasteiger partial charge in [0.1, 0.15) is 29.7 Å². The van der Waals surface area contributed by atoms with E-state index in [4.69, 9.17) is 18.9 Å². The summed E-state index contributed by atoms with van der Waals surface area (Å²) in [6.07, 6.45) is 1.44. The van der Waals surface area contributed by atoms with Gasteiger partial charge in [-0.1, -0.05) is 11.8 Å². The van der Waals surface area contributed by atoms with Crippen LogP contribution in [-0.4, -0.2) is 65.7 Å². The van der Waals surface area contributed by atoms with Crippen LogP contribution in [0.2, 0.25) is 0 Å². The van der Waals surface area contributed by atoms with E-state index < -0.39 is 22.5 Å². The molecule has 0 unspecified atom stereocenters. The van der Waals surface area contributed by atoms with E-state index in [9.17, 15) is 9.59 Å². The first-order valence-corrected chi connectivity index (χ1v) is 10.2. The van der Waals surface area contributed by atoms with Gasteiger partial charge >= 0.3 is 6.09 Å². The molecule has 7 heteroatoms. The summed E-state index contributed by atoms with van der Waals surface area (Å²) in [5, 5.41) is 0. The van der Waals surface area contributed by atoms with Crippen molar-refractivity contribution in [2.24, 2.45) is 5.92 Å². The number of piperidine rings is 1. The minimum absolute atomic E-state index is 0.143. The number of ether oxygens (including phenoxy) is 4. The van der Waals surface area contributed by atoms with Crippen LogP contribution in [-0.2, 0) is 23.7 Å². The molecule has 1 amide bonds. The number of amides is 1. The molecule has 3 rings (SSSR count). The van der Waals surface area contributed by atoms with Crippen LogP contribution in [0.5, 0.6) is 0 Å². The number of carbonyl (C=O) groups excluding carboxylic acids is 2. The maximum absolute atomic E-state index is 13.0. The summed E-state index contributed by atoms with van der Waals surface area (Å²) >= 11 is 0. The molecule has 3 fully saturated rings. The standard InChI is InChI=1S/C22H33NO6/c1-19(2,3)29-18(25)23-14-16-17(28-21(6,26-7)20(4,5)27-16)15(10-8-9-13-24)22(23)11-12-22/h13,15-17H,9,11-12,14H2,1-7H3/t15-,16-,17-,21+/m1/s1. The van der Waals surface area contributed by atoms with Crippen molar-refractivity contribution in [3.05, 3.63) is 0 Å². The van der Waals surface area contributed by atoms with Crippen LogP contribution in [0.4, 0.5) is 4.79 Å². The Morgan fingerprint density at radius 1 is 1.24 bits per heavy atom. The largest absolute Gasteiger partial charge is 0.444 e. The van der Waals surface area contributed by atoms with Crippen molar-refractivity contribution in [3.8, 4) is 11.8 Å². The molecule has 29 heavy (non-hydrogen) atoms. The zero-order valence-electron chi connectivity index (χ0n) is 18.5. The van der Waals surface area contributed by atoms with Gasteiger partial charge in [0.25, 0.3) is 0 Å². The molecule has 3 aliphatic rings. The highest BCUT2D eigenvalue weighted by molar-refractivity contribution is 5.71. The van der Waals surface area contributed by atoms with Gasteiger partial charge in [-0.05, 0) is 54.4 Å². The lowest BCUT2D eigenvalue weighted by atomic mass is 9.80. The van der Waals surface area contributed by atoms with Gasteiger partial charge in [-0.15, -0.1) is 0 Å². The van der Waals surface area contributed by atoms with Crippen molar-refractivity contribution >= 4 is 12.4 Å². The SMILES string of the molecule is CO[C@@]1(C)O[C@@H]2[C@@H](C#CCC=O)C3(CC3)N(C(=O)OC(C)(C)C)C[C@H]2OC1(C)C. The Bertz CT molecular complexity index is 726. The van der Waals surface area contributed by atoms with Crippen LogP contribution < -0.4 is 0 Å². The molecule has 0 bridgehead atoms. The molecule has 1 aliphatic carbocycles. The average Bonchev–Trinajstić information content (AvgIpc) is 3.38. The number of methoxy groups -OCH3 is 1. The van der Waals surface area contributed by atoms with Gasteiger partial charge in [0.05, 0.1) is 24.4 Å². The molecule has 0 radical (unpaired) electrons. The second kappa shape index (κ2) is 7.26. The molecule has 0 aromatic carbocycles. The quantitative estimate of drug-likeness (QED) is 0.518. The molecule has 1 saturated carbocycles. The van der Waals surface area contributed by atoms with Crippen LogP contribution in [0.15, 0.2) is 0 Å². The highest BCUT2D eigenvalue weighted by Crippen LogP contribution is 2.56. The van der Waals surface area contributed by atoms with E-state index in [1.165, 1.54) is 0 Å². The van der Waals surface area contributed by atoms with Gasteiger partial charge in [-0.3, -0.25) is 4.90 Å². The van der Waals surface area contributed by atoms with E-state index >= 15 is 0 Å². The zero-order chi connectivity index (χ0) is 21.7. The van der Waals surface area contributed by atoms with Crippen molar-refractivity contribution in [1.82, 2.24) is 4.90 Å². The highest BCUT2D eigenvalue weighted by Gasteiger charge is 2.67. The number of fused-ring (bicyclic) bond motifs is 1. The summed E-state index contributed by atoms with van der Waals surface area (Å²) in [6, 6.07) is 0. The Kier molecular flexibility index (Phi) is 5.53. The second-order valence-electron chi connectivity index (χ2n) is 9.76. The van der Waals surface area contributed by atoms with Gasteiger partial charge in [0.2, 0.25) is 0 Å². The zero-order valence-corrected chi connectivity index (χ0v) is 18.5. The molecule has 0 aromatic rings. The molecule has 2 heterocycles. The summed E-state index contributed by atoms with van der Waals surface area (Å²) in [4.78, 5) is 25.6. The van der Waals surface area contributed by atoms with Gasteiger partial charge < -0.3 is 23.7 Å². The molecule has 162 valence electrons. The van der Waals surface area contributed by atoms with Crippen molar-refractivity contribution in [2.45, 2.75) is 95.5 Å². The molecular weight excluding hydrogens is 374 g/mol. The molecule has 0 N–H and O–H groups in total. The van der Waals surface area contributed by atoms with Gasteiger partial charge in [-0.2, -0.15) is 0 Å². The maximum atomic E-state index is 13.0. The summed E-state index contributed by atoms with van der Waals surface area (Å²) in [5.41, 5.74) is -1.78. The van der Waals surface area contributed by atoms with Crippen molar-refractivity contribution in [3.63, 3.8) is 0 Å². The van der Waals surface area contributed by atoms with Crippen LogP contribution >= 0.6 is 0 Å². The monoisotopic (exact) mass is 407 g/mol. The van der Waals surface area contributed by atoms with Gasteiger partial charge in [-0.25, -0.2) is 4.79 Å². The molecule has 4 atom stereocenters. The first-order chi connectivity index (χ1) is 13.4. The lowest BCUT2D eigenvalue weighted by Gasteiger charge is -2.57. The lowest BCUT2D eigenvalue weighted by molar-refractivity contribution is -0.394. The normalized spacial score (nSPS) is 34.6. The third-order valence-corrected chi connectivity index (χ3v) is 6.28. The fourth-order valence-electron chi connectivity index (χ4n) is 4.29. The molecule has 0 aromatic heterocycles.